The van der Waals surface area contributed by atoms with Crippen LogP contribution in [0.5, 0.6) is 57.5 Å². The first-order valence-electron chi connectivity index (χ1n) is 28.4. The fourth-order valence-electron chi connectivity index (χ4n) is 9.84. The smallest absolute Gasteiger partial charge is 0.169 e. The zero-order valence-corrected chi connectivity index (χ0v) is 49.2. The highest BCUT2D eigenvalue weighted by Gasteiger charge is 2.21. The maximum absolute atomic E-state index is 9.84. The maximum atomic E-state index is 9.84. The van der Waals surface area contributed by atoms with E-state index in [2.05, 4.69) is 43.0 Å². The van der Waals surface area contributed by atoms with Gasteiger partial charge < -0.3 is 69.0 Å². The van der Waals surface area contributed by atoms with Crippen molar-refractivity contribution in [3.63, 3.8) is 0 Å². The summed E-state index contributed by atoms with van der Waals surface area (Å²) in [6.45, 7) is 6.68. The molecule has 0 radical (unpaired) electrons. The summed E-state index contributed by atoms with van der Waals surface area (Å²) >= 11 is 5.76. The number of piperidine rings is 2. The molecule has 0 aliphatic carbocycles. The number of halogens is 1. The third-order valence-corrected chi connectivity index (χ3v) is 14.6. The Morgan fingerprint density at radius 3 is 1.48 bits per heavy atom. The van der Waals surface area contributed by atoms with Gasteiger partial charge in [-0.25, -0.2) is 0 Å². The molecule has 2 saturated heterocycles. The number of aliphatic hydroxyl groups excluding tert-OH is 2. The molecule has 2 aliphatic rings. The van der Waals surface area contributed by atoms with Crippen LogP contribution in [0.3, 0.4) is 0 Å². The minimum absolute atomic E-state index is 0.252. The number of aromatic nitrogens is 2. The van der Waals surface area contributed by atoms with Crippen molar-refractivity contribution in [2.75, 3.05) is 104 Å². The van der Waals surface area contributed by atoms with Gasteiger partial charge in [0.05, 0.1) is 75.2 Å². The van der Waals surface area contributed by atoms with Gasteiger partial charge in [-0.15, -0.1) is 11.6 Å². The van der Waals surface area contributed by atoms with E-state index in [1.807, 2.05) is 115 Å². The van der Waals surface area contributed by atoms with Crippen molar-refractivity contribution in [1.29, 1.82) is 10.5 Å². The third-order valence-electron chi connectivity index (χ3n) is 14.3. The fraction of sp³-hybridized carbons (Fsp3) is 0.333. The zero-order chi connectivity index (χ0) is 59.8. The lowest BCUT2D eigenvalue weighted by Gasteiger charge is -2.31. The van der Waals surface area contributed by atoms with E-state index in [4.69, 9.17) is 54.6 Å². The fourth-order valence-corrected chi connectivity index (χ4v) is 9.94. The number of fused-ring (bicyclic) bond motifs is 2. The summed E-state index contributed by atoms with van der Waals surface area (Å²) in [6.07, 6.45) is 9.33. The minimum atomic E-state index is 0.252. The average molecular weight is 1170 g/mol. The molecule has 2 aromatic heterocycles. The zero-order valence-electron chi connectivity index (χ0n) is 48.4. The highest BCUT2D eigenvalue weighted by molar-refractivity contribution is 6.17. The Labute approximate surface area is 501 Å². The number of nitrogens with one attached hydrogen (secondary N) is 3. The normalized spacial score (nSPS) is 14.6. The third kappa shape index (κ3) is 17.2. The number of anilines is 4. The van der Waals surface area contributed by atoms with E-state index >= 15 is 0 Å². The number of pyridine rings is 2. The molecular weight excluding hydrogens is 1100 g/mol. The molecule has 4 heterocycles. The van der Waals surface area contributed by atoms with E-state index in [1.165, 1.54) is 12.8 Å². The first kappa shape index (κ1) is 62.3. The van der Waals surface area contributed by atoms with Crippen LogP contribution >= 0.6 is 11.6 Å². The van der Waals surface area contributed by atoms with Gasteiger partial charge in [-0.1, -0.05) is 24.3 Å². The van der Waals surface area contributed by atoms with Crippen LogP contribution in [0, 0.1) is 34.5 Å². The second-order valence-electron chi connectivity index (χ2n) is 20.1. The number of aliphatic hydroxyl groups is 2. The Hall–Kier alpha value is -8.75. The van der Waals surface area contributed by atoms with Gasteiger partial charge in [-0.3, -0.25) is 9.97 Å². The minimum Gasteiger partial charge on any atom is -0.493 e. The Bertz CT molecular complexity index is 3500. The van der Waals surface area contributed by atoms with Crippen molar-refractivity contribution in [1.82, 2.24) is 20.2 Å². The second-order valence-corrected chi connectivity index (χ2v) is 20.5. The van der Waals surface area contributed by atoms with E-state index in [9.17, 15) is 15.6 Å². The predicted octanol–water partition coefficient (Wildman–Crippen LogP) is 12.8. The van der Waals surface area contributed by atoms with Crippen LogP contribution in [0.1, 0.15) is 49.7 Å². The lowest BCUT2D eigenvalue weighted by atomic mass is 9.99. The number of methoxy groups -OCH3 is 4. The molecule has 444 valence electrons. The summed E-state index contributed by atoms with van der Waals surface area (Å²) in [4.78, 5) is 11.4. The summed E-state index contributed by atoms with van der Waals surface area (Å²) < 4.78 is 45.8. The van der Waals surface area contributed by atoms with Crippen LogP contribution in [-0.2, 0) is 0 Å². The lowest BCUT2D eigenvalue weighted by molar-refractivity contribution is 0.115. The van der Waals surface area contributed by atoms with Crippen LogP contribution in [0.2, 0.25) is 0 Å². The van der Waals surface area contributed by atoms with Gasteiger partial charge >= 0.3 is 0 Å². The molecule has 18 nitrogen and oxygen atoms in total. The molecule has 5 N–H and O–H groups in total. The average Bonchev–Trinajstić information content (AvgIpc) is 3.05. The molecule has 10 rings (SSSR count). The van der Waals surface area contributed by atoms with Crippen LogP contribution in [-0.4, -0.2) is 119 Å². The summed E-state index contributed by atoms with van der Waals surface area (Å²) in [5, 5.41) is 49.1. The van der Waals surface area contributed by atoms with Crippen LogP contribution in [0.25, 0.3) is 21.8 Å². The van der Waals surface area contributed by atoms with Gasteiger partial charge in [0.15, 0.2) is 46.0 Å². The van der Waals surface area contributed by atoms with E-state index in [0.29, 0.717) is 135 Å². The van der Waals surface area contributed by atoms with Gasteiger partial charge in [0.25, 0.3) is 0 Å². The van der Waals surface area contributed by atoms with Gasteiger partial charge in [0, 0.05) is 85.4 Å². The molecule has 0 saturated carbocycles. The quantitative estimate of drug-likeness (QED) is 0.0296. The number of alkyl halides is 1. The van der Waals surface area contributed by atoms with Crippen molar-refractivity contribution in [3.8, 4) is 69.6 Å². The molecule has 0 spiro atoms. The number of rotatable bonds is 23. The van der Waals surface area contributed by atoms with Crippen LogP contribution in [0.15, 0.2) is 134 Å². The van der Waals surface area contributed by atoms with Crippen molar-refractivity contribution >= 4 is 56.2 Å². The monoisotopic (exact) mass is 1170 g/mol. The van der Waals surface area contributed by atoms with Gasteiger partial charge in [-0.2, -0.15) is 10.5 Å². The Balaban J connectivity index is 0.000000198. The molecular formula is C66H73ClN8O10. The molecule has 85 heavy (non-hydrogen) atoms. The number of hydrogen-bond acceptors (Lipinski definition) is 18. The number of nitriles is 2. The standard InChI is InChI=1S/C33H36N4O5.C27H24ClN3O4.C6H13NO/c1-39-29-8-3-4-9-30(29)42-26-12-10-25(11-13-26)36-33-24(19-34)20-35-28-18-32(31(40-2)17-27(28)33)41-16-6-15-37-14-5-7-23(21-37)22-38;1-32-23-6-3-4-7-24(23)35-20-10-8-19(9-11-20)31-27-18(16-29)17-30-22-15-26(34-13-5-12-28)25(33-2)14-21(22)27;8-5-6-2-1-3-7-4-6/h3-4,8-13,17-18,20,23,38H,5-7,14-16,21-22H2,1-2H3,(H,35,36);3-4,6-11,14-15,17H,5,12-13H2,1-2H3,(H,30,31);6-8H,1-5H2. The van der Waals surface area contributed by atoms with E-state index < -0.39 is 0 Å². The topological polar surface area (TPSA) is 227 Å². The summed E-state index contributed by atoms with van der Waals surface area (Å²) in [5.41, 5.74) is 5.00. The number of nitrogens with zero attached hydrogens (tertiary/aromatic N) is 5. The van der Waals surface area contributed by atoms with Gasteiger partial charge in [-0.05, 0) is 148 Å². The largest absolute Gasteiger partial charge is 0.493 e. The summed E-state index contributed by atoms with van der Waals surface area (Å²) in [6, 6.07) is 41.6. The molecule has 6 aromatic carbocycles. The van der Waals surface area contributed by atoms with Crippen LogP contribution in [0.4, 0.5) is 22.7 Å². The summed E-state index contributed by atoms with van der Waals surface area (Å²) in [7, 11) is 6.39. The highest BCUT2D eigenvalue weighted by atomic mass is 35.5. The van der Waals surface area contributed by atoms with Crippen molar-refractivity contribution in [2.24, 2.45) is 11.8 Å². The SMILES string of the molecule is COc1cc2c(Nc3ccc(Oc4ccccc4OC)cc3)c(C#N)cnc2cc1OCCCCl.COc1cc2c(Nc3ccc(Oc4ccccc4OC)cc3)c(C#N)cnc2cc1OCCCN1CCCC(CO)C1.OCC1CCCNC1. The maximum Gasteiger partial charge on any atom is 0.169 e. The summed E-state index contributed by atoms with van der Waals surface area (Å²) in [5.74, 6) is 7.57. The Morgan fingerprint density at radius 2 is 1.06 bits per heavy atom. The number of para-hydroxylation sites is 4. The first-order valence-corrected chi connectivity index (χ1v) is 28.9. The lowest BCUT2D eigenvalue weighted by Crippen LogP contribution is -2.37. The van der Waals surface area contributed by atoms with Crippen molar-refractivity contribution in [3.05, 3.63) is 145 Å². The van der Waals surface area contributed by atoms with Crippen molar-refractivity contribution < 1.29 is 48.1 Å². The van der Waals surface area contributed by atoms with E-state index in [-0.39, 0.29) is 6.61 Å². The highest BCUT2D eigenvalue weighted by Crippen LogP contribution is 2.40. The number of hydrogen-bond donors (Lipinski definition) is 5. The number of benzene rings is 6. The van der Waals surface area contributed by atoms with Crippen molar-refractivity contribution in [2.45, 2.75) is 38.5 Å². The predicted molar refractivity (Wildman–Crippen MR) is 331 cm³/mol. The van der Waals surface area contributed by atoms with Gasteiger partial charge in [0.2, 0.25) is 0 Å². The molecule has 2 unspecified atom stereocenters. The molecule has 2 atom stereocenters. The van der Waals surface area contributed by atoms with Gasteiger partial charge in [0.1, 0.15) is 23.6 Å². The molecule has 0 amide bonds. The Morgan fingerprint density at radius 1 is 0.588 bits per heavy atom. The first-order chi connectivity index (χ1) is 41.7. The number of likely N-dealkylation sites (tertiary alicyclic amines) is 1. The molecule has 0 bridgehead atoms. The number of ether oxygens (including phenoxy) is 8. The van der Waals surface area contributed by atoms with Crippen LogP contribution < -0.4 is 53.8 Å². The Kier molecular flexibility index (Phi) is 23.7. The van der Waals surface area contributed by atoms with E-state index in [0.717, 1.165) is 74.1 Å². The van der Waals surface area contributed by atoms with E-state index in [1.54, 1.807) is 46.9 Å². The molecule has 2 aliphatic heterocycles. The molecule has 2 fully saturated rings. The molecule has 19 heteroatoms. The molecule has 8 aromatic rings. The second kappa shape index (κ2) is 32.3.